The minimum absolute atomic E-state index is 0.0453. The summed E-state index contributed by atoms with van der Waals surface area (Å²) < 4.78 is 11.2. The van der Waals surface area contributed by atoms with E-state index >= 15 is 0 Å². The summed E-state index contributed by atoms with van der Waals surface area (Å²) in [6.07, 6.45) is 1.57. The maximum absolute atomic E-state index is 9.16. The van der Waals surface area contributed by atoms with Crippen LogP contribution in [0.25, 0.3) is 10.9 Å². The summed E-state index contributed by atoms with van der Waals surface area (Å²) in [5.74, 6) is 1.73. The minimum Gasteiger partial charge on any atom is -0.493 e. The van der Waals surface area contributed by atoms with Crippen LogP contribution in [0.2, 0.25) is 0 Å². The van der Waals surface area contributed by atoms with Gasteiger partial charge >= 0.3 is 0 Å². The summed E-state index contributed by atoms with van der Waals surface area (Å²) in [6.45, 7) is -0.0453. The number of aliphatic hydroxyl groups excluding tert-OH is 1. The van der Waals surface area contributed by atoms with Crippen molar-refractivity contribution in [2.75, 3.05) is 7.11 Å². The molecule has 0 saturated heterocycles. The molecule has 2 aromatic carbocycles. The smallest absolute Gasteiger partial charge is 0.169 e. The molecule has 1 aromatic heterocycles. The highest BCUT2D eigenvalue weighted by molar-refractivity contribution is 5.84. The van der Waals surface area contributed by atoms with Crippen LogP contribution in [0.4, 0.5) is 0 Å². The van der Waals surface area contributed by atoms with Crippen molar-refractivity contribution in [3.63, 3.8) is 0 Å². The van der Waals surface area contributed by atoms with Crippen LogP contribution in [0.3, 0.4) is 0 Å². The quantitative estimate of drug-likeness (QED) is 0.797. The van der Waals surface area contributed by atoms with Gasteiger partial charge in [-0.2, -0.15) is 10.2 Å². The highest BCUT2D eigenvalue weighted by Crippen LogP contribution is 2.34. The van der Waals surface area contributed by atoms with Crippen LogP contribution < -0.4 is 9.47 Å². The van der Waals surface area contributed by atoms with Crippen molar-refractivity contribution in [1.82, 2.24) is 10.2 Å². The topological polar surface area (TPSA) is 64.5 Å². The van der Waals surface area contributed by atoms with Gasteiger partial charge < -0.3 is 14.6 Å². The highest BCUT2D eigenvalue weighted by atomic mass is 16.5. The van der Waals surface area contributed by atoms with E-state index in [1.54, 1.807) is 31.5 Å². The molecule has 0 aliphatic rings. The average Bonchev–Trinajstić information content (AvgIpc) is 2.55. The van der Waals surface area contributed by atoms with Crippen LogP contribution in [-0.2, 0) is 6.61 Å². The van der Waals surface area contributed by atoms with Crippen molar-refractivity contribution in [2.45, 2.75) is 6.61 Å². The van der Waals surface area contributed by atoms with Gasteiger partial charge in [0.1, 0.15) is 0 Å². The predicted molar refractivity (Wildman–Crippen MR) is 78.5 cm³/mol. The molecule has 0 saturated carbocycles. The number of ether oxygens (including phenoxy) is 2. The Labute approximate surface area is 121 Å². The van der Waals surface area contributed by atoms with Crippen molar-refractivity contribution in [3.8, 4) is 17.2 Å². The molecule has 1 heterocycles. The van der Waals surface area contributed by atoms with Crippen molar-refractivity contribution >= 4 is 10.9 Å². The molecule has 0 radical (unpaired) electrons. The van der Waals surface area contributed by atoms with Gasteiger partial charge in [-0.25, -0.2) is 0 Å². The first kappa shape index (κ1) is 13.3. The van der Waals surface area contributed by atoms with E-state index in [-0.39, 0.29) is 6.61 Å². The van der Waals surface area contributed by atoms with Crippen LogP contribution in [0.15, 0.2) is 48.7 Å². The molecule has 21 heavy (non-hydrogen) atoms. The van der Waals surface area contributed by atoms with E-state index in [0.717, 1.165) is 16.5 Å². The molecule has 1 N–H and O–H groups in total. The lowest BCUT2D eigenvalue weighted by Gasteiger charge is -2.12. The fourth-order valence-corrected chi connectivity index (χ4v) is 2.08. The van der Waals surface area contributed by atoms with Gasteiger partial charge in [0.15, 0.2) is 17.2 Å². The zero-order valence-electron chi connectivity index (χ0n) is 11.5. The molecule has 3 rings (SSSR count). The molecule has 0 spiro atoms. The SMILES string of the molecule is COc1cc(CO)ccc1Oc1cnnc2ccccc12. The van der Waals surface area contributed by atoms with Gasteiger partial charge in [0.2, 0.25) is 0 Å². The summed E-state index contributed by atoms with van der Waals surface area (Å²) in [7, 11) is 1.56. The molecule has 0 unspecified atom stereocenters. The molecule has 0 bridgehead atoms. The van der Waals surface area contributed by atoms with Gasteiger partial charge in [-0.05, 0) is 29.8 Å². The normalized spacial score (nSPS) is 10.6. The van der Waals surface area contributed by atoms with Crippen LogP contribution in [-0.4, -0.2) is 22.4 Å². The summed E-state index contributed by atoms with van der Waals surface area (Å²) in [4.78, 5) is 0. The Morgan fingerprint density at radius 3 is 2.71 bits per heavy atom. The lowest BCUT2D eigenvalue weighted by Crippen LogP contribution is -1.94. The first-order valence-electron chi connectivity index (χ1n) is 6.48. The molecule has 5 heteroatoms. The molecule has 0 aliphatic carbocycles. The monoisotopic (exact) mass is 282 g/mol. The Hall–Kier alpha value is -2.66. The zero-order valence-corrected chi connectivity index (χ0v) is 11.5. The number of aromatic nitrogens is 2. The van der Waals surface area contributed by atoms with E-state index in [1.807, 2.05) is 24.3 Å². The molecule has 5 nitrogen and oxygen atoms in total. The number of fused-ring (bicyclic) bond motifs is 1. The van der Waals surface area contributed by atoms with Crippen LogP contribution >= 0.6 is 0 Å². The third kappa shape index (κ3) is 2.64. The Morgan fingerprint density at radius 2 is 1.90 bits per heavy atom. The number of benzene rings is 2. The van der Waals surface area contributed by atoms with E-state index < -0.39 is 0 Å². The fourth-order valence-electron chi connectivity index (χ4n) is 2.08. The van der Waals surface area contributed by atoms with Crippen LogP contribution in [0.1, 0.15) is 5.56 Å². The van der Waals surface area contributed by atoms with Crippen molar-refractivity contribution < 1.29 is 14.6 Å². The first-order chi connectivity index (χ1) is 10.3. The lowest BCUT2D eigenvalue weighted by molar-refractivity contribution is 0.280. The Morgan fingerprint density at radius 1 is 1.05 bits per heavy atom. The Balaban J connectivity index is 2.02. The number of aliphatic hydroxyl groups is 1. The van der Waals surface area contributed by atoms with E-state index in [2.05, 4.69) is 10.2 Å². The van der Waals surface area contributed by atoms with E-state index in [4.69, 9.17) is 14.6 Å². The van der Waals surface area contributed by atoms with Gasteiger partial charge in [0.05, 0.1) is 25.4 Å². The van der Waals surface area contributed by atoms with E-state index in [9.17, 15) is 0 Å². The van der Waals surface area contributed by atoms with Crippen molar-refractivity contribution in [2.24, 2.45) is 0 Å². The predicted octanol–water partition coefficient (Wildman–Crippen LogP) is 2.92. The molecule has 106 valence electrons. The molecular formula is C16H14N2O3. The fraction of sp³-hybridized carbons (Fsp3) is 0.125. The molecule has 3 aromatic rings. The zero-order chi connectivity index (χ0) is 14.7. The van der Waals surface area contributed by atoms with E-state index in [1.165, 1.54) is 0 Å². The molecular weight excluding hydrogens is 268 g/mol. The van der Waals surface area contributed by atoms with Gasteiger partial charge in [-0.3, -0.25) is 0 Å². The minimum atomic E-state index is -0.0453. The number of methoxy groups -OCH3 is 1. The Bertz CT molecular complexity index is 769. The highest BCUT2D eigenvalue weighted by Gasteiger charge is 2.10. The standard InChI is InChI=1S/C16H14N2O3/c1-20-15-8-11(10-19)6-7-14(15)21-16-9-17-18-13-5-3-2-4-12(13)16/h2-9,19H,10H2,1H3. The Kier molecular flexibility index (Phi) is 3.66. The molecule has 0 atom stereocenters. The van der Waals surface area contributed by atoms with Gasteiger partial charge in [-0.1, -0.05) is 18.2 Å². The van der Waals surface area contributed by atoms with Crippen LogP contribution in [0, 0.1) is 0 Å². The third-order valence-electron chi connectivity index (χ3n) is 3.14. The maximum atomic E-state index is 9.16. The second-order valence-electron chi connectivity index (χ2n) is 4.47. The summed E-state index contributed by atoms with van der Waals surface area (Å²) in [5, 5.41) is 18.0. The number of nitrogens with zero attached hydrogens (tertiary/aromatic N) is 2. The molecule has 0 aliphatic heterocycles. The van der Waals surface area contributed by atoms with Crippen molar-refractivity contribution in [1.29, 1.82) is 0 Å². The third-order valence-corrected chi connectivity index (χ3v) is 3.14. The van der Waals surface area contributed by atoms with Gasteiger partial charge in [0, 0.05) is 5.39 Å². The summed E-state index contributed by atoms with van der Waals surface area (Å²) in [5.41, 5.74) is 1.53. The lowest BCUT2D eigenvalue weighted by atomic mass is 10.2. The summed E-state index contributed by atoms with van der Waals surface area (Å²) >= 11 is 0. The van der Waals surface area contributed by atoms with Gasteiger partial charge in [0.25, 0.3) is 0 Å². The number of hydrogen-bond acceptors (Lipinski definition) is 5. The summed E-state index contributed by atoms with van der Waals surface area (Å²) in [6, 6.07) is 12.9. The maximum Gasteiger partial charge on any atom is 0.169 e. The van der Waals surface area contributed by atoms with Crippen LogP contribution in [0.5, 0.6) is 17.2 Å². The van der Waals surface area contributed by atoms with Crippen molar-refractivity contribution in [3.05, 3.63) is 54.2 Å². The second kappa shape index (κ2) is 5.76. The van der Waals surface area contributed by atoms with Gasteiger partial charge in [-0.15, -0.1) is 0 Å². The first-order valence-corrected chi connectivity index (χ1v) is 6.48. The number of hydrogen-bond donors (Lipinski definition) is 1. The number of rotatable bonds is 4. The van der Waals surface area contributed by atoms with E-state index in [0.29, 0.717) is 17.2 Å². The molecule has 0 fully saturated rings. The largest absolute Gasteiger partial charge is 0.493 e. The average molecular weight is 282 g/mol. The second-order valence-corrected chi connectivity index (χ2v) is 4.47. The molecule has 0 amide bonds.